The van der Waals surface area contributed by atoms with Gasteiger partial charge in [-0.15, -0.1) is 11.3 Å². The Balaban J connectivity index is 1.87. The second-order valence-electron chi connectivity index (χ2n) is 7.57. The fourth-order valence-corrected chi connectivity index (χ4v) is 3.87. The molecule has 1 aliphatic heterocycles. The van der Waals surface area contributed by atoms with E-state index in [1.807, 2.05) is 25.7 Å². The highest BCUT2D eigenvalue weighted by Gasteiger charge is 2.28. The monoisotopic (exact) mass is 338 g/mol. The van der Waals surface area contributed by atoms with E-state index in [0.29, 0.717) is 12.0 Å². The molecule has 1 saturated heterocycles. The van der Waals surface area contributed by atoms with Crippen molar-refractivity contribution in [2.24, 2.45) is 5.92 Å². The quantitative estimate of drug-likeness (QED) is 0.816. The van der Waals surface area contributed by atoms with E-state index in [0.717, 1.165) is 26.1 Å². The van der Waals surface area contributed by atoms with Crippen LogP contribution < -0.4 is 0 Å². The fraction of sp³-hybridized carbons (Fsp3) is 0.722. The lowest BCUT2D eigenvalue weighted by molar-refractivity contribution is 0.0143. The molecule has 1 amide bonds. The largest absolute Gasteiger partial charge is 0.444 e. The predicted octanol–water partition coefficient (Wildman–Crippen LogP) is 4.39. The Morgan fingerprint density at radius 1 is 1.52 bits per heavy atom. The Labute approximate surface area is 144 Å². The highest BCUT2D eigenvalue weighted by Crippen LogP contribution is 2.26. The number of ether oxygens (including phenoxy) is 1. The summed E-state index contributed by atoms with van der Waals surface area (Å²) < 4.78 is 5.51. The van der Waals surface area contributed by atoms with E-state index in [9.17, 15) is 4.79 Å². The molecule has 0 aliphatic carbocycles. The van der Waals surface area contributed by atoms with Gasteiger partial charge in [-0.25, -0.2) is 4.79 Å². The van der Waals surface area contributed by atoms with Gasteiger partial charge in [-0.05, 0) is 64.9 Å². The van der Waals surface area contributed by atoms with Gasteiger partial charge in [0.2, 0.25) is 0 Å². The molecule has 23 heavy (non-hydrogen) atoms. The minimum atomic E-state index is -0.422. The van der Waals surface area contributed by atoms with Crippen molar-refractivity contribution in [3.63, 3.8) is 0 Å². The summed E-state index contributed by atoms with van der Waals surface area (Å²) in [5.74, 6) is 0.517. The predicted molar refractivity (Wildman–Crippen MR) is 95.9 cm³/mol. The summed E-state index contributed by atoms with van der Waals surface area (Å²) in [5.41, 5.74) is -0.422. The Morgan fingerprint density at radius 2 is 2.26 bits per heavy atom. The number of hydrogen-bond donors (Lipinski definition) is 0. The zero-order valence-electron chi connectivity index (χ0n) is 15.0. The van der Waals surface area contributed by atoms with Gasteiger partial charge in [-0.1, -0.05) is 6.07 Å². The lowest BCUT2D eigenvalue weighted by Gasteiger charge is -2.36. The molecule has 2 rings (SSSR count). The van der Waals surface area contributed by atoms with Gasteiger partial charge in [0.1, 0.15) is 5.60 Å². The van der Waals surface area contributed by atoms with Crippen LogP contribution in [0.1, 0.15) is 51.5 Å². The van der Waals surface area contributed by atoms with Gasteiger partial charge in [-0.2, -0.15) is 0 Å². The zero-order valence-corrected chi connectivity index (χ0v) is 15.9. The molecular formula is C18H30N2O2S. The van der Waals surface area contributed by atoms with Gasteiger partial charge in [-0.3, -0.25) is 4.90 Å². The minimum Gasteiger partial charge on any atom is -0.444 e. The Kier molecular flexibility index (Phi) is 6.09. The van der Waals surface area contributed by atoms with E-state index in [1.165, 1.54) is 11.3 Å². The molecule has 0 unspecified atom stereocenters. The molecule has 1 aliphatic rings. The summed E-state index contributed by atoms with van der Waals surface area (Å²) in [5, 5.41) is 2.13. The van der Waals surface area contributed by atoms with Crippen molar-refractivity contribution < 1.29 is 9.53 Å². The molecule has 4 nitrogen and oxygen atoms in total. The summed E-state index contributed by atoms with van der Waals surface area (Å²) in [6.07, 6.45) is 2.07. The summed E-state index contributed by atoms with van der Waals surface area (Å²) in [6, 6.07) is 4.72. The topological polar surface area (TPSA) is 32.8 Å². The third kappa shape index (κ3) is 5.50. The fourth-order valence-electron chi connectivity index (χ4n) is 3.02. The average molecular weight is 339 g/mol. The van der Waals surface area contributed by atoms with E-state index in [-0.39, 0.29) is 6.09 Å². The van der Waals surface area contributed by atoms with Crippen molar-refractivity contribution in [2.45, 2.75) is 52.2 Å². The molecule has 2 heterocycles. The number of carbonyl (C=O) groups excluding carboxylic acids is 1. The summed E-state index contributed by atoms with van der Waals surface area (Å²) in [7, 11) is 2.18. The zero-order chi connectivity index (χ0) is 17.0. The Morgan fingerprint density at radius 3 is 2.87 bits per heavy atom. The standard InChI is InChI=1S/C18H30N2O2S/c1-14(16-9-7-11-23-16)19(5)12-15-8-6-10-20(13-15)17(21)22-18(2,3)4/h7,9,11,14-15H,6,8,10,12-13H2,1-5H3/t14-,15-/m0/s1. The lowest BCUT2D eigenvalue weighted by atomic mass is 9.97. The van der Waals surface area contributed by atoms with E-state index < -0.39 is 5.60 Å². The average Bonchev–Trinajstić information content (AvgIpc) is 2.99. The van der Waals surface area contributed by atoms with Crippen LogP contribution in [-0.2, 0) is 4.74 Å². The van der Waals surface area contributed by atoms with Gasteiger partial charge in [0.05, 0.1) is 0 Å². The maximum absolute atomic E-state index is 12.3. The van der Waals surface area contributed by atoms with Crippen molar-refractivity contribution in [3.05, 3.63) is 22.4 Å². The molecule has 0 saturated carbocycles. The van der Waals surface area contributed by atoms with Crippen molar-refractivity contribution in [1.29, 1.82) is 0 Å². The number of nitrogens with zero attached hydrogens (tertiary/aromatic N) is 2. The van der Waals surface area contributed by atoms with Crippen molar-refractivity contribution in [3.8, 4) is 0 Å². The van der Waals surface area contributed by atoms with Crippen LogP contribution in [0.2, 0.25) is 0 Å². The Hall–Kier alpha value is -1.07. The molecule has 1 fully saturated rings. The van der Waals surface area contributed by atoms with E-state index >= 15 is 0 Å². The normalized spacial score (nSPS) is 20.6. The number of likely N-dealkylation sites (tertiary alicyclic amines) is 1. The van der Waals surface area contributed by atoms with Gasteiger partial charge in [0.15, 0.2) is 0 Å². The third-order valence-electron chi connectivity index (χ3n) is 4.33. The third-order valence-corrected chi connectivity index (χ3v) is 5.38. The van der Waals surface area contributed by atoms with Crippen LogP contribution in [0, 0.1) is 5.92 Å². The van der Waals surface area contributed by atoms with Crippen LogP contribution in [0.5, 0.6) is 0 Å². The molecule has 1 aromatic heterocycles. The van der Waals surface area contributed by atoms with E-state index in [1.54, 1.807) is 11.3 Å². The second-order valence-corrected chi connectivity index (χ2v) is 8.54. The molecular weight excluding hydrogens is 308 g/mol. The van der Waals surface area contributed by atoms with E-state index in [2.05, 4.69) is 36.4 Å². The van der Waals surface area contributed by atoms with Gasteiger partial charge < -0.3 is 9.64 Å². The van der Waals surface area contributed by atoms with Crippen LogP contribution in [0.25, 0.3) is 0 Å². The van der Waals surface area contributed by atoms with Crippen LogP contribution in [0.4, 0.5) is 4.79 Å². The maximum atomic E-state index is 12.3. The van der Waals surface area contributed by atoms with Crippen LogP contribution in [0.3, 0.4) is 0 Å². The number of piperidine rings is 1. The smallest absolute Gasteiger partial charge is 0.410 e. The molecule has 0 N–H and O–H groups in total. The molecule has 0 radical (unpaired) electrons. The number of carbonyl (C=O) groups is 1. The molecule has 0 bridgehead atoms. The first-order valence-corrected chi connectivity index (χ1v) is 9.36. The minimum absolute atomic E-state index is 0.170. The number of hydrogen-bond acceptors (Lipinski definition) is 4. The van der Waals surface area contributed by atoms with Crippen molar-refractivity contribution >= 4 is 17.4 Å². The summed E-state index contributed by atoms with van der Waals surface area (Å²) in [6.45, 7) is 10.6. The van der Waals surface area contributed by atoms with Crippen molar-refractivity contribution in [2.75, 3.05) is 26.7 Å². The van der Waals surface area contributed by atoms with Crippen LogP contribution in [0.15, 0.2) is 17.5 Å². The van der Waals surface area contributed by atoms with Gasteiger partial charge in [0.25, 0.3) is 0 Å². The SMILES string of the molecule is C[C@@H](c1cccs1)N(C)C[C@@H]1CCCN(C(=O)OC(C)(C)C)C1. The first kappa shape index (κ1) is 18.3. The van der Waals surface area contributed by atoms with E-state index in [4.69, 9.17) is 4.74 Å². The molecule has 0 aromatic carbocycles. The number of amides is 1. The Bertz CT molecular complexity index is 496. The van der Waals surface area contributed by atoms with Gasteiger partial charge in [0, 0.05) is 30.6 Å². The van der Waals surface area contributed by atoms with Crippen LogP contribution in [-0.4, -0.2) is 48.2 Å². The molecule has 1 aromatic rings. The van der Waals surface area contributed by atoms with Crippen molar-refractivity contribution in [1.82, 2.24) is 9.80 Å². The highest BCUT2D eigenvalue weighted by molar-refractivity contribution is 7.10. The molecule has 0 spiro atoms. The number of thiophene rings is 1. The van der Waals surface area contributed by atoms with Crippen LogP contribution >= 0.6 is 11.3 Å². The first-order chi connectivity index (χ1) is 10.8. The first-order valence-electron chi connectivity index (χ1n) is 8.48. The summed E-state index contributed by atoms with van der Waals surface area (Å²) >= 11 is 1.81. The van der Waals surface area contributed by atoms with Gasteiger partial charge >= 0.3 is 6.09 Å². The molecule has 130 valence electrons. The second kappa shape index (κ2) is 7.67. The molecule has 2 atom stereocenters. The summed E-state index contributed by atoms with van der Waals surface area (Å²) in [4.78, 5) is 17.9. The maximum Gasteiger partial charge on any atom is 0.410 e. The number of rotatable bonds is 4. The molecule has 5 heteroatoms. The highest BCUT2D eigenvalue weighted by atomic mass is 32.1. The lowest BCUT2D eigenvalue weighted by Crippen LogP contribution is -2.45.